The van der Waals surface area contributed by atoms with E-state index >= 15 is 0 Å². The van der Waals surface area contributed by atoms with E-state index in [0.29, 0.717) is 0 Å². The largest absolute Gasteiger partial charge is 0.373 e. The Labute approximate surface area is 107 Å². The summed E-state index contributed by atoms with van der Waals surface area (Å²) in [5.41, 5.74) is 3.88. The van der Waals surface area contributed by atoms with E-state index < -0.39 is 0 Å². The van der Waals surface area contributed by atoms with Crippen LogP contribution in [0.4, 0.5) is 11.6 Å². The Morgan fingerprint density at radius 2 is 1.78 bits per heavy atom. The molecule has 4 heteroatoms. The molecule has 0 atom stereocenters. The maximum Gasteiger partial charge on any atom is 0.131 e. The number of hydrogen-bond acceptors (Lipinski definition) is 4. The topological polar surface area (TPSA) is 49.8 Å². The van der Waals surface area contributed by atoms with Crippen LogP contribution in [0.25, 0.3) is 0 Å². The van der Waals surface area contributed by atoms with Gasteiger partial charge in [0, 0.05) is 19.7 Å². The number of aromatic nitrogens is 2. The van der Waals surface area contributed by atoms with E-state index in [1.807, 2.05) is 13.1 Å². The van der Waals surface area contributed by atoms with Crippen molar-refractivity contribution in [2.75, 3.05) is 17.7 Å². The molecular formula is C14H18N4. The van der Waals surface area contributed by atoms with Gasteiger partial charge in [-0.2, -0.15) is 0 Å². The number of aryl methyl sites for hydroxylation is 2. The Hall–Kier alpha value is -2.10. The van der Waals surface area contributed by atoms with Gasteiger partial charge in [-0.3, -0.25) is 0 Å². The molecule has 1 aromatic carbocycles. The van der Waals surface area contributed by atoms with Gasteiger partial charge >= 0.3 is 0 Å². The molecule has 0 saturated heterocycles. The fourth-order valence-electron chi connectivity index (χ4n) is 1.70. The minimum Gasteiger partial charge on any atom is -0.373 e. The lowest BCUT2D eigenvalue weighted by molar-refractivity contribution is 1.07. The molecule has 4 nitrogen and oxygen atoms in total. The highest BCUT2D eigenvalue weighted by atomic mass is 15.0. The summed E-state index contributed by atoms with van der Waals surface area (Å²) in [6.07, 6.45) is 1.55. The second-order valence-electron chi connectivity index (χ2n) is 4.31. The molecule has 18 heavy (non-hydrogen) atoms. The van der Waals surface area contributed by atoms with E-state index in [1.54, 1.807) is 6.33 Å². The summed E-state index contributed by atoms with van der Waals surface area (Å²) in [7, 11) is 1.84. The summed E-state index contributed by atoms with van der Waals surface area (Å²) < 4.78 is 0. The molecule has 1 aromatic heterocycles. The van der Waals surface area contributed by atoms with Gasteiger partial charge in [0.2, 0.25) is 0 Å². The zero-order chi connectivity index (χ0) is 13.0. The highest BCUT2D eigenvalue weighted by molar-refractivity contribution is 5.46. The van der Waals surface area contributed by atoms with E-state index in [2.05, 4.69) is 52.6 Å². The minimum atomic E-state index is 0.765. The lowest BCUT2D eigenvalue weighted by atomic mass is 10.1. The summed E-state index contributed by atoms with van der Waals surface area (Å²) in [5.74, 6) is 1.64. The molecule has 94 valence electrons. The maximum absolute atomic E-state index is 4.18. The van der Waals surface area contributed by atoms with Crippen molar-refractivity contribution in [1.82, 2.24) is 9.97 Å². The first-order chi connectivity index (χ1) is 8.69. The molecule has 0 radical (unpaired) electrons. The van der Waals surface area contributed by atoms with Gasteiger partial charge in [0.1, 0.15) is 18.0 Å². The first-order valence-electron chi connectivity index (χ1n) is 5.99. The molecule has 0 aliphatic rings. The second kappa shape index (κ2) is 5.49. The highest BCUT2D eigenvalue weighted by Crippen LogP contribution is 2.12. The second-order valence-corrected chi connectivity index (χ2v) is 4.31. The molecule has 0 fully saturated rings. The molecule has 0 aliphatic heterocycles. The first kappa shape index (κ1) is 12.4. The SMILES string of the molecule is CNc1cc(NCc2ccc(C)c(C)c2)ncn1. The fourth-order valence-corrected chi connectivity index (χ4v) is 1.70. The third-order valence-corrected chi connectivity index (χ3v) is 2.97. The summed E-state index contributed by atoms with van der Waals surface area (Å²) in [6.45, 7) is 5.01. The van der Waals surface area contributed by atoms with Gasteiger partial charge in [-0.15, -0.1) is 0 Å². The van der Waals surface area contributed by atoms with Crippen molar-refractivity contribution in [2.45, 2.75) is 20.4 Å². The van der Waals surface area contributed by atoms with Crippen molar-refractivity contribution in [2.24, 2.45) is 0 Å². The summed E-state index contributed by atoms with van der Waals surface area (Å²) in [4.78, 5) is 8.26. The van der Waals surface area contributed by atoms with Gasteiger partial charge in [-0.1, -0.05) is 18.2 Å². The predicted molar refractivity (Wildman–Crippen MR) is 74.8 cm³/mol. The van der Waals surface area contributed by atoms with Crippen LogP contribution >= 0.6 is 0 Å². The number of rotatable bonds is 4. The van der Waals surface area contributed by atoms with E-state index in [4.69, 9.17) is 0 Å². The van der Waals surface area contributed by atoms with E-state index in [-0.39, 0.29) is 0 Å². The minimum absolute atomic E-state index is 0.765. The molecule has 0 aliphatic carbocycles. The highest BCUT2D eigenvalue weighted by Gasteiger charge is 1.99. The first-order valence-corrected chi connectivity index (χ1v) is 5.99. The lowest BCUT2D eigenvalue weighted by Gasteiger charge is -2.08. The maximum atomic E-state index is 4.18. The van der Waals surface area contributed by atoms with Crippen molar-refractivity contribution >= 4 is 11.6 Å². The molecule has 2 rings (SSSR count). The van der Waals surface area contributed by atoms with Gasteiger partial charge in [0.25, 0.3) is 0 Å². The Morgan fingerprint density at radius 3 is 2.50 bits per heavy atom. The van der Waals surface area contributed by atoms with Crippen LogP contribution in [0.1, 0.15) is 16.7 Å². The van der Waals surface area contributed by atoms with Crippen LogP contribution in [0, 0.1) is 13.8 Å². The quantitative estimate of drug-likeness (QED) is 0.865. The normalized spacial score (nSPS) is 10.2. The molecule has 0 spiro atoms. The monoisotopic (exact) mass is 242 g/mol. The Bertz CT molecular complexity index is 537. The van der Waals surface area contributed by atoms with Crippen LogP contribution in [0.5, 0.6) is 0 Å². The molecule has 0 amide bonds. The molecule has 0 bridgehead atoms. The van der Waals surface area contributed by atoms with Gasteiger partial charge in [-0.25, -0.2) is 9.97 Å². The van der Waals surface area contributed by atoms with Gasteiger partial charge in [0.05, 0.1) is 0 Å². The van der Waals surface area contributed by atoms with Crippen molar-refractivity contribution in [1.29, 1.82) is 0 Å². The molecule has 2 N–H and O–H groups in total. The van der Waals surface area contributed by atoms with E-state index in [1.165, 1.54) is 16.7 Å². The van der Waals surface area contributed by atoms with Crippen LogP contribution in [-0.2, 0) is 6.54 Å². The average molecular weight is 242 g/mol. The Kier molecular flexibility index (Phi) is 3.77. The summed E-state index contributed by atoms with van der Waals surface area (Å²) in [5, 5.41) is 6.28. The third-order valence-electron chi connectivity index (χ3n) is 2.97. The van der Waals surface area contributed by atoms with Crippen LogP contribution in [0.2, 0.25) is 0 Å². The predicted octanol–water partition coefficient (Wildman–Crippen LogP) is 2.75. The van der Waals surface area contributed by atoms with Crippen LogP contribution in [0.15, 0.2) is 30.6 Å². The van der Waals surface area contributed by atoms with Crippen molar-refractivity contribution < 1.29 is 0 Å². The molecular weight excluding hydrogens is 224 g/mol. The lowest BCUT2D eigenvalue weighted by Crippen LogP contribution is -2.03. The van der Waals surface area contributed by atoms with Gasteiger partial charge < -0.3 is 10.6 Å². The van der Waals surface area contributed by atoms with Gasteiger partial charge in [-0.05, 0) is 30.5 Å². The summed E-state index contributed by atoms with van der Waals surface area (Å²) >= 11 is 0. The Morgan fingerprint density at radius 1 is 1.00 bits per heavy atom. The zero-order valence-corrected chi connectivity index (χ0v) is 11.0. The molecule has 0 saturated carbocycles. The zero-order valence-electron chi connectivity index (χ0n) is 11.0. The third kappa shape index (κ3) is 2.97. The van der Waals surface area contributed by atoms with Crippen LogP contribution in [0.3, 0.4) is 0 Å². The Balaban J connectivity index is 2.04. The van der Waals surface area contributed by atoms with E-state index in [0.717, 1.165) is 18.2 Å². The van der Waals surface area contributed by atoms with Crippen LogP contribution < -0.4 is 10.6 Å². The van der Waals surface area contributed by atoms with Crippen LogP contribution in [-0.4, -0.2) is 17.0 Å². The van der Waals surface area contributed by atoms with Crippen molar-refractivity contribution in [3.05, 3.63) is 47.3 Å². The van der Waals surface area contributed by atoms with E-state index in [9.17, 15) is 0 Å². The summed E-state index contributed by atoms with van der Waals surface area (Å²) in [6, 6.07) is 8.37. The molecule has 0 unspecified atom stereocenters. The fraction of sp³-hybridized carbons (Fsp3) is 0.286. The number of nitrogens with zero attached hydrogens (tertiary/aromatic N) is 2. The molecule has 1 heterocycles. The van der Waals surface area contributed by atoms with Gasteiger partial charge in [0.15, 0.2) is 0 Å². The number of anilines is 2. The smallest absolute Gasteiger partial charge is 0.131 e. The standard InChI is InChI=1S/C14H18N4/c1-10-4-5-12(6-11(10)2)8-16-14-7-13(15-3)17-9-18-14/h4-7,9H,8H2,1-3H3,(H2,15,16,17,18). The number of hydrogen-bond donors (Lipinski definition) is 2. The average Bonchev–Trinajstić information content (AvgIpc) is 2.40. The number of nitrogens with one attached hydrogen (secondary N) is 2. The van der Waals surface area contributed by atoms with Crippen molar-refractivity contribution in [3.63, 3.8) is 0 Å². The number of benzene rings is 1. The molecule has 2 aromatic rings. The van der Waals surface area contributed by atoms with Crippen molar-refractivity contribution in [3.8, 4) is 0 Å².